The highest BCUT2D eigenvalue weighted by Gasteiger charge is 2.17. The smallest absolute Gasteiger partial charge is 0.258 e. The number of carbonyl (C=O) groups is 2. The number of nitrogens with zero attached hydrogens (tertiary/aromatic N) is 2. The largest absolute Gasteiger partial charge is 0.357 e. The van der Waals surface area contributed by atoms with Gasteiger partial charge in [-0.3, -0.25) is 15.0 Å². The quantitative estimate of drug-likeness (QED) is 0.395. The number of anilines is 2. The van der Waals surface area contributed by atoms with Crippen molar-refractivity contribution in [1.82, 2.24) is 9.88 Å². The van der Waals surface area contributed by atoms with E-state index in [1.165, 1.54) is 6.42 Å². The third kappa shape index (κ3) is 5.44. The predicted octanol–water partition coefficient (Wildman–Crippen LogP) is 4.71. The van der Waals surface area contributed by atoms with Gasteiger partial charge in [-0.25, -0.2) is 4.98 Å². The summed E-state index contributed by atoms with van der Waals surface area (Å²) in [4.78, 5) is 31.9. The summed E-state index contributed by atoms with van der Waals surface area (Å²) >= 11 is 0. The summed E-state index contributed by atoms with van der Waals surface area (Å²) in [5.41, 5.74) is 3.01. The molecule has 0 aliphatic carbocycles. The van der Waals surface area contributed by atoms with Crippen LogP contribution in [0.5, 0.6) is 0 Å². The standard InChI is InChI=1S/C26H27N5O2/c1-18-9-14-23(28-17-18)30-26(33)21-7-3-4-8-22(21)29-25(32)20-12-10-19(11-13-20)24(27)31-15-5-2-6-16-31/h3-4,7-14,17,27H,2,5-6,15-16H2,1H3,(H,29,32)(H,28,30,33). The second-order valence-electron chi connectivity index (χ2n) is 8.15. The van der Waals surface area contributed by atoms with Crippen LogP contribution in [-0.2, 0) is 0 Å². The number of likely N-dealkylation sites (tertiary alicyclic amines) is 1. The Morgan fingerprint density at radius 1 is 0.848 bits per heavy atom. The number of carbonyl (C=O) groups excluding carboxylic acids is 2. The zero-order valence-electron chi connectivity index (χ0n) is 18.6. The Labute approximate surface area is 193 Å². The molecule has 3 N–H and O–H groups in total. The Bertz CT molecular complexity index is 1150. The third-order valence-corrected chi connectivity index (χ3v) is 5.67. The van der Waals surface area contributed by atoms with E-state index in [2.05, 4.69) is 20.5 Å². The Morgan fingerprint density at radius 3 is 2.24 bits per heavy atom. The number of amidine groups is 1. The molecule has 7 nitrogen and oxygen atoms in total. The zero-order valence-corrected chi connectivity index (χ0v) is 18.6. The Balaban J connectivity index is 1.44. The lowest BCUT2D eigenvalue weighted by Crippen LogP contribution is -2.35. The number of para-hydroxylation sites is 1. The highest BCUT2D eigenvalue weighted by Crippen LogP contribution is 2.19. The van der Waals surface area contributed by atoms with Gasteiger partial charge in [0.1, 0.15) is 11.7 Å². The molecule has 1 saturated heterocycles. The highest BCUT2D eigenvalue weighted by molar-refractivity contribution is 6.12. The number of pyridine rings is 1. The van der Waals surface area contributed by atoms with E-state index in [4.69, 9.17) is 5.41 Å². The van der Waals surface area contributed by atoms with Gasteiger partial charge in [0.05, 0.1) is 11.3 Å². The van der Waals surface area contributed by atoms with Crippen LogP contribution in [0.3, 0.4) is 0 Å². The van der Waals surface area contributed by atoms with Crippen molar-refractivity contribution in [2.45, 2.75) is 26.2 Å². The van der Waals surface area contributed by atoms with Gasteiger partial charge in [-0.15, -0.1) is 0 Å². The number of rotatable bonds is 5. The molecular weight excluding hydrogens is 414 g/mol. The van der Waals surface area contributed by atoms with Gasteiger partial charge in [-0.2, -0.15) is 0 Å². The van der Waals surface area contributed by atoms with Crippen molar-refractivity contribution >= 4 is 29.2 Å². The molecule has 0 atom stereocenters. The minimum Gasteiger partial charge on any atom is -0.357 e. The fraction of sp³-hybridized carbons (Fsp3) is 0.231. The maximum Gasteiger partial charge on any atom is 0.258 e. The number of hydrogen-bond donors (Lipinski definition) is 3. The van der Waals surface area contributed by atoms with E-state index in [1.54, 1.807) is 60.8 Å². The first-order chi connectivity index (χ1) is 16.0. The van der Waals surface area contributed by atoms with Crippen molar-refractivity contribution in [1.29, 1.82) is 5.41 Å². The zero-order chi connectivity index (χ0) is 23.2. The minimum absolute atomic E-state index is 0.320. The summed E-state index contributed by atoms with van der Waals surface area (Å²) in [5.74, 6) is 0.263. The van der Waals surface area contributed by atoms with E-state index < -0.39 is 0 Å². The Hall–Kier alpha value is -4.00. The van der Waals surface area contributed by atoms with Gasteiger partial charge in [0.2, 0.25) is 0 Å². The summed E-state index contributed by atoms with van der Waals surface area (Å²) < 4.78 is 0. The molecule has 1 fully saturated rings. The molecule has 1 aliphatic heterocycles. The second-order valence-corrected chi connectivity index (χ2v) is 8.15. The molecule has 0 radical (unpaired) electrons. The Kier molecular flexibility index (Phi) is 6.78. The fourth-order valence-electron chi connectivity index (χ4n) is 3.79. The molecule has 4 rings (SSSR count). The molecule has 2 aromatic carbocycles. The summed E-state index contributed by atoms with van der Waals surface area (Å²) in [6, 6.07) is 17.5. The average Bonchev–Trinajstić information content (AvgIpc) is 2.86. The SMILES string of the molecule is Cc1ccc(NC(=O)c2ccccc2NC(=O)c2ccc(C(=N)N3CCCCC3)cc2)nc1. The van der Waals surface area contributed by atoms with E-state index in [9.17, 15) is 9.59 Å². The van der Waals surface area contributed by atoms with Crippen molar-refractivity contribution < 1.29 is 9.59 Å². The van der Waals surface area contributed by atoms with Crippen molar-refractivity contribution in [3.8, 4) is 0 Å². The monoisotopic (exact) mass is 441 g/mol. The van der Waals surface area contributed by atoms with Gasteiger partial charge in [-0.05, 0) is 62.1 Å². The number of piperidine rings is 1. The second kappa shape index (κ2) is 10.1. The first-order valence-electron chi connectivity index (χ1n) is 11.1. The van der Waals surface area contributed by atoms with E-state index in [0.717, 1.165) is 37.1 Å². The Morgan fingerprint density at radius 2 is 1.55 bits per heavy atom. The average molecular weight is 442 g/mol. The van der Waals surface area contributed by atoms with Gasteiger partial charge in [0.25, 0.3) is 11.8 Å². The number of benzene rings is 2. The maximum absolute atomic E-state index is 12.8. The first kappa shape index (κ1) is 22.2. The topological polar surface area (TPSA) is 98.2 Å². The molecule has 0 saturated carbocycles. The number of aromatic nitrogens is 1. The number of nitrogens with one attached hydrogen (secondary N) is 3. The lowest BCUT2D eigenvalue weighted by molar-refractivity contribution is 0.102. The van der Waals surface area contributed by atoms with Crippen LogP contribution in [0.1, 0.15) is 51.1 Å². The van der Waals surface area contributed by atoms with E-state index in [-0.39, 0.29) is 11.8 Å². The maximum atomic E-state index is 12.8. The molecule has 0 unspecified atom stereocenters. The summed E-state index contributed by atoms with van der Waals surface area (Å²) in [7, 11) is 0. The van der Waals surface area contributed by atoms with Gasteiger partial charge in [0, 0.05) is 30.4 Å². The molecule has 2 amide bonds. The van der Waals surface area contributed by atoms with Crippen LogP contribution < -0.4 is 10.6 Å². The van der Waals surface area contributed by atoms with Crippen LogP contribution in [0.25, 0.3) is 0 Å². The van der Waals surface area contributed by atoms with E-state index >= 15 is 0 Å². The van der Waals surface area contributed by atoms with Crippen LogP contribution in [0.4, 0.5) is 11.5 Å². The van der Waals surface area contributed by atoms with Gasteiger partial charge < -0.3 is 15.5 Å². The minimum atomic E-state index is -0.354. The van der Waals surface area contributed by atoms with Gasteiger partial charge >= 0.3 is 0 Å². The molecule has 0 spiro atoms. The van der Waals surface area contributed by atoms with E-state index in [1.807, 2.05) is 13.0 Å². The lowest BCUT2D eigenvalue weighted by atomic mass is 10.1. The van der Waals surface area contributed by atoms with Crippen LogP contribution in [-0.4, -0.2) is 40.6 Å². The van der Waals surface area contributed by atoms with Crippen LogP contribution >= 0.6 is 0 Å². The molecule has 33 heavy (non-hydrogen) atoms. The molecule has 0 bridgehead atoms. The summed E-state index contributed by atoms with van der Waals surface area (Å²) in [5, 5.41) is 14.0. The summed E-state index contributed by atoms with van der Waals surface area (Å²) in [6.07, 6.45) is 5.10. The number of hydrogen-bond acceptors (Lipinski definition) is 4. The fourth-order valence-corrected chi connectivity index (χ4v) is 3.79. The van der Waals surface area contributed by atoms with Crippen molar-refractivity contribution in [3.63, 3.8) is 0 Å². The molecular formula is C26H27N5O2. The number of aryl methyl sites for hydroxylation is 1. The summed E-state index contributed by atoms with van der Waals surface area (Å²) in [6.45, 7) is 3.72. The van der Waals surface area contributed by atoms with Crippen LogP contribution in [0.2, 0.25) is 0 Å². The van der Waals surface area contributed by atoms with Crippen LogP contribution in [0.15, 0.2) is 66.9 Å². The van der Waals surface area contributed by atoms with Gasteiger partial charge in [0.15, 0.2) is 0 Å². The van der Waals surface area contributed by atoms with Crippen molar-refractivity contribution in [2.75, 3.05) is 23.7 Å². The normalized spacial score (nSPS) is 13.3. The van der Waals surface area contributed by atoms with Crippen molar-refractivity contribution in [2.24, 2.45) is 0 Å². The molecule has 2 heterocycles. The predicted molar refractivity (Wildman–Crippen MR) is 130 cm³/mol. The lowest BCUT2D eigenvalue weighted by Gasteiger charge is -2.29. The molecule has 1 aromatic heterocycles. The highest BCUT2D eigenvalue weighted by atomic mass is 16.2. The first-order valence-corrected chi connectivity index (χ1v) is 11.1. The molecule has 168 valence electrons. The van der Waals surface area contributed by atoms with Crippen LogP contribution in [0, 0.1) is 12.3 Å². The number of amides is 2. The molecule has 3 aromatic rings. The van der Waals surface area contributed by atoms with Crippen molar-refractivity contribution in [3.05, 3.63) is 89.1 Å². The van der Waals surface area contributed by atoms with Gasteiger partial charge in [-0.1, -0.05) is 30.3 Å². The third-order valence-electron chi connectivity index (χ3n) is 5.67. The molecule has 1 aliphatic rings. The molecule has 7 heteroatoms. The van der Waals surface area contributed by atoms with E-state index in [0.29, 0.717) is 28.5 Å².